The molecule has 0 saturated carbocycles. The number of amides is 2. The predicted molar refractivity (Wildman–Crippen MR) is 80.8 cm³/mol. The Labute approximate surface area is 127 Å². The van der Waals surface area contributed by atoms with Crippen LogP contribution in [0.2, 0.25) is 0 Å². The molecule has 1 aliphatic heterocycles. The lowest BCUT2D eigenvalue weighted by Crippen LogP contribution is -2.60. The summed E-state index contributed by atoms with van der Waals surface area (Å²) in [4.78, 5) is 25.0. The molecule has 2 amide bonds. The largest absolute Gasteiger partial charge is 0.506 e. The number of methoxy groups -OCH3 is 1. The summed E-state index contributed by atoms with van der Waals surface area (Å²) in [5.74, 6) is -0.377. The summed E-state index contributed by atoms with van der Waals surface area (Å²) in [7, 11) is 1.32. The van der Waals surface area contributed by atoms with Crippen LogP contribution >= 0.6 is 0 Å². The Morgan fingerprint density at radius 1 is 1.23 bits per heavy atom. The van der Waals surface area contributed by atoms with E-state index in [4.69, 9.17) is 0 Å². The molecule has 0 atom stereocenters. The highest BCUT2D eigenvalue weighted by molar-refractivity contribution is 6.03. The minimum Gasteiger partial charge on any atom is -0.506 e. The fourth-order valence-electron chi connectivity index (χ4n) is 2.55. The molecule has 114 valence electrons. The molecule has 22 heavy (non-hydrogen) atoms. The first-order valence-electron chi connectivity index (χ1n) is 6.94. The third kappa shape index (κ3) is 2.43. The standard InChI is InChI=1S/C16H16N2O4/c1-22-16(21)18-8-11(9-18)17-15(20)13-7-6-10-4-2-3-5-12(10)14(13)19/h2-7,11,19H,8-9H2,1H3,(H,17,20). The number of carbonyl (C=O) groups is 2. The molecule has 0 radical (unpaired) electrons. The van der Waals surface area contributed by atoms with Gasteiger partial charge in [0.25, 0.3) is 5.91 Å². The molecule has 2 aromatic carbocycles. The zero-order chi connectivity index (χ0) is 15.7. The predicted octanol–water partition coefficient (Wildman–Crippen LogP) is 1.73. The van der Waals surface area contributed by atoms with Gasteiger partial charge in [-0.25, -0.2) is 4.79 Å². The summed E-state index contributed by atoms with van der Waals surface area (Å²) in [5, 5.41) is 14.6. The van der Waals surface area contributed by atoms with E-state index in [2.05, 4.69) is 10.1 Å². The van der Waals surface area contributed by atoms with Gasteiger partial charge in [-0.05, 0) is 11.5 Å². The van der Waals surface area contributed by atoms with Crippen LogP contribution in [-0.4, -0.2) is 48.2 Å². The minimum atomic E-state index is -0.404. The minimum absolute atomic E-state index is 0.0280. The first kappa shape index (κ1) is 14.2. The van der Waals surface area contributed by atoms with Crippen molar-refractivity contribution in [1.29, 1.82) is 0 Å². The highest BCUT2D eigenvalue weighted by Gasteiger charge is 2.32. The van der Waals surface area contributed by atoms with E-state index in [0.717, 1.165) is 5.39 Å². The van der Waals surface area contributed by atoms with Gasteiger partial charge in [-0.15, -0.1) is 0 Å². The molecule has 0 unspecified atom stereocenters. The van der Waals surface area contributed by atoms with Gasteiger partial charge in [0.2, 0.25) is 0 Å². The van der Waals surface area contributed by atoms with Crippen LogP contribution < -0.4 is 5.32 Å². The zero-order valence-corrected chi connectivity index (χ0v) is 12.1. The van der Waals surface area contributed by atoms with Gasteiger partial charge >= 0.3 is 6.09 Å². The van der Waals surface area contributed by atoms with Crippen LogP contribution in [0.4, 0.5) is 4.79 Å². The number of fused-ring (bicyclic) bond motifs is 1. The summed E-state index contributed by atoms with van der Waals surface area (Å²) >= 11 is 0. The number of hydrogen-bond acceptors (Lipinski definition) is 4. The third-order valence-electron chi connectivity index (χ3n) is 3.79. The Hall–Kier alpha value is -2.76. The second-order valence-electron chi connectivity index (χ2n) is 5.23. The van der Waals surface area contributed by atoms with Gasteiger partial charge in [0, 0.05) is 18.5 Å². The number of nitrogens with one attached hydrogen (secondary N) is 1. The van der Waals surface area contributed by atoms with Crippen molar-refractivity contribution in [3.8, 4) is 5.75 Å². The molecule has 1 aliphatic rings. The fraction of sp³-hybridized carbons (Fsp3) is 0.250. The van der Waals surface area contributed by atoms with Crippen LogP contribution in [0, 0.1) is 0 Å². The van der Waals surface area contributed by atoms with Crippen molar-refractivity contribution in [3.63, 3.8) is 0 Å². The SMILES string of the molecule is COC(=O)N1CC(NC(=O)c2ccc3ccccc3c2O)C1. The number of nitrogens with zero attached hydrogens (tertiary/aromatic N) is 1. The quantitative estimate of drug-likeness (QED) is 0.885. The number of benzene rings is 2. The van der Waals surface area contributed by atoms with Gasteiger partial charge in [0.05, 0.1) is 18.7 Å². The second-order valence-corrected chi connectivity index (χ2v) is 5.23. The Balaban J connectivity index is 1.71. The number of phenolic OH excluding ortho intramolecular Hbond substituents is 1. The zero-order valence-electron chi connectivity index (χ0n) is 12.1. The number of carbonyl (C=O) groups excluding carboxylic acids is 2. The highest BCUT2D eigenvalue weighted by atomic mass is 16.5. The van der Waals surface area contributed by atoms with Crippen LogP contribution in [0.25, 0.3) is 10.8 Å². The van der Waals surface area contributed by atoms with E-state index in [-0.39, 0.29) is 23.3 Å². The van der Waals surface area contributed by atoms with Gasteiger partial charge in [-0.1, -0.05) is 30.3 Å². The van der Waals surface area contributed by atoms with Gasteiger partial charge in [0.1, 0.15) is 5.75 Å². The van der Waals surface area contributed by atoms with Crippen LogP contribution in [0.1, 0.15) is 10.4 Å². The van der Waals surface area contributed by atoms with Gasteiger partial charge in [-0.2, -0.15) is 0 Å². The van der Waals surface area contributed by atoms with Crippen molar-refractivity contribution < 1.29 is 19.4 Å². The van der Waals surface area contributed by atoms with Crippen molar-refractivity contribution >= 4 is 22.8 Å². The Kier molecular flexibility index (Phi) is 3.58. The van der Waals surface area contributed by atoms with Crippen molar-refractivity contribution in [1.82, 2.24) is 10.2 Å². The molecule has 3 rings (SSSR count). The molecular formula is C16H16N2O4. The number of aromatic hydroxyl groups is 1. The van der Waals surface area contributed by atoms with Crippen molar-refractivity contribution in [2.75, 3.05) is 20.2 Å². The fourth-order valence-corrected chi connectivity index (χ4v) is 2.55. The Bertz CT molecular complexity index is 738. The maximum atomic E-state index is 12.3. The van der Waals surface area contributed by atoms with Crippen molar-refractivity contribution in [2.24, 2.45) is 0 Å². The monoisotopic (exact) mass is 300 g/mol. The highest BCUT2D eigenvalue weighted by Crippen LogP contribution is 2.28. The molecule has 2 N–H and O–H groups in total. The molecule has 6 heteroatoms. The number of phenols is 1. The molecule has 0 bridgehead atoms. The van der Waals surface area contributed by atoms with E-state index >= 15 is 0 Å². The lowest BCUT2D eigenvalue weighted by molar-refractivity contribution is 0.0696. The van der Waals surface area contributed by atoms with Crippen LogP contribution in [-0.2, 0) is 4.74 Å². The van der Waals surface area contributed by atoms with Gasteiger partial charge in [-0.3, -0.25) is 4.79 Å². The maximum absolute atomic E-state index is 12.3. The number of likely N-dealkylation sites (tertiary alicyclic amines) is 1. The first-order chi connectivity index (χ1) is 10.6. The van der Waals surface area contributed by atoms with Gasteiger partial charge in [0.15, 0.2) is 0 Å². The topological polar surface area (TPSA) is 78.9 Å². The molecule has 0 aromatic heterocycles. The third-order valence-corrected chi connectivity index (χ3v) is 3.79. The van der Waals surface area contributed by atoms with Crippen LogP contribution in [0.5, 0.6) is 5.75 Å². The number of hydrogen-bond donors (Lipinski definition) is 2. The lowest BCUT2D eigenvalue weighted by Gasteiger charge is -2.38. The summed E-state index contributed by atoms with van der Waals surface area (Å²) < 4.78 is 4.59. The summed E-state index contributed by atoms with van der Waals surface area (Å²) in [5.41, 5.74) is 0.232. The molecule has 1 fully saturated rings. The van der Waals surface area contributed by atoms with E-state index in [1.54, 1.807) is 18.2 Å². The van der Waals surface area contributed by atoms with Crippen molar-refractivity contribution in [2.45, 2.75) is 6.04 Å². The Morgan fingerprint density at radius 2 is 1.95 bits per heavy atom. The average Bonchev–Trinajstić information content (AvgIpc) is 2.50. The van der Waals surface area contributed by atoms with E-state index < -0.39 is 6.09 Å². The average molecular weight is 300 g/mol. The van der Waals surface area contributed by atoms with Crippen molar-refractivity contribution in [3.05, 3.63) is 42.0 Å². The molecule has 2 aromatic rings. The molecule has 1 heterocycles. The summed E-state index contributed by atoms with van der Waals surface area (Å²) in [6.07, 6.45) is -0.404. The van der Waals surface area contributed by atoms with E-state index in [9.17, 15) is 14.7 Å². The smallest absolute Gasteiger partial charge is 0.409 e. The maximum Gasteiger partial charge on any atom is 0.409 e. The number of rotatable bonds is 2. The first-order valence-corrected chi connectivity index (χ1v) is 6.94. The van der Waals surface area contributed by atoms with Crippen LogP contribution in [0.3, 0.4) is 0 Å². The van der Waals surface area contributed by atoms with Gasteiger partial charge < -0.3 is 20.1 Å². The van der Waals surface area contributed by atoms with E-state index in [1.807, 2.05) is 18.2 Å². The lowest BCUT2D eigenvalue weighted by atomic mass is 10.0. The Morgan fingerprint density at radius 3 is 2.68 bits per heavy atom. The van der Waals surface area contributed by atoms with E-state index in [1.165, 1.54) is 12.0 Å². The number of ether oxygens (including phenoxy) is 1. The molecule has 1 saturated heterocycles. The molecule has 0 aliphatic carbocycles. The second kappa shape index (κ2) is 5.55. The van der Waals surface area contributed by atoms with Crippen LogP contribution in [0.15, 0.2) is 36.4 Å². The molecular weight excluding hydrogens is 284 g/mol. The molecule has 0 spiro atoms. The molecule has 6 nitrogen and oxygen atoms in total. The summed E-state index contributed by atoms with van der Waals surface area (Å²) in [6, 6.07) is 10.6. The normalized spacial score (nSPS) is 14.5. The summed E-state index contributed by atoms with van der Waals surface area (Å²) in [6.45, 7) is 0.819. The van der Waals surface area contributed by atoms with E-state index in [0.29, 0.717) is 18.5 Å².